The molecule has 0 saturated heterocycles. The summed E-state index contributed by atoms with van der Waals surface area (Å²) in [7, 11) is 0. The second-order valence-electron chi connectivity index (χ2n) is 9.53. The second-order valence-corrected chi connectivity index (χ2v) is 11.2. The van der Waals surface area contributed by atoms with E-state index < -0.39 is 0 Å². The van der Waals surface area contributed by atoms with Crippen LogP contribution in [0.25, 0.3) is 11.4 Å². The Morgan fingerprint density at radius 1 is 0.581 bits per heavy atom. The van der Waals surface area contributed by atoms with Crippen LogP contribution in [0.3, 0.4) is 0 Å². The van der Waals surface area contributed by atoms with Crippen molar-refractivity contribution >= 4 is 14.2 Å². The van der Waals surface area contributed by atoms with E-state index in [4.69, 9.17) is 0 Å². The topological polar surface area (TPSA) is 9.86 Å². The minimum absolute atomic E-state index is 0.453. The molecule has 2 nitrogen and oxygen atoms in total. The molecule has 0 N–H and O–H groups in total. The van der Waals surface area contributed by atoms with Gasteiger partial charge in [0.25, 0.3) is 0 Å². The molecule has 1 heterocycles. The van der Waals surface area contributed by atoms with Crippen LogP contribution in [-0.4, -0.2) is 9.13 Å². The average Bonchev–Trinajstić information content (AvgIpc) is 3.15. The molecule has 4 heteroatoms. The van der Waals surface area contributed by atoms with Gasteiger partial charge in [-0.2, -0.15) is 0 Å². The van der Waals surface area contributed by atoms with E-state index in [9.17, 15) is 0 Å². The van der Waals surface area contributed by atoms with Crippen molar-refractivity contribution in [2.45, 2.75) is 79.1 Å². The van der Waals surface area contributed by atoms with Gasteiger partial charge in [0.15, 0.2) is 0 Å². The van der Waals surface area contributed by atoms with Crippen LogP contribution in [-0.2, 0) is 12.2 Å². The van der Waals surface area contributed by atoms with Crippen molar-refractivity contribution < 1.29 is 12.2 Å². The zero-order valence-corrected chi connectivity index (χ0v) is 22.6. The summed E-state index contributed by atoms with van der Waals surface area (Å²) in [6, 6.07) is 13.5. The summed E-state index contributed by atoms with van der Waals surface area (Å²) < 4.78 is 5.97. The molecule has 0 fully saturated rings. The summed E-state index contributed by atoms with van der Waals surface area (Å²) in [6.07, 6.45) is 4.48. The molecule has 0 radical (unpaired) electrons. The molecule has 3 aromatic rings. The first kappa shape index (κ1) is 24.3. The fourth-order valence-electron chi connectivity index (χ4n) is 4.32. The van der Waals surface area contributed by atoms with Crippen molar-refractivity contribution in [3.63, 3.8) is 0 Å². The maximum absolute atomic E-state index is 3.78. The number of aromatic nitrogens is 2. The van der Waals surface area contributed by atoms with Crippen molar-refractivity contribution in [3.05, 3.63) is 75.4 Å². The van der Waals surface area contributed by atoms with Crippen LogP contribution >= 0.6 is 14.2 Å². The molecule has 0 aliphatic carbocycles. The molecular weight excluding hydrogens is 491 g/mol. The van der Waals surface area contributed by atoms with Gasteiger partial charge in [0.2, 0.25) is 0 Å². The Kier molecular flexibility index (Phi) is 7.87. The summed E-state index contributed by atoms with van der Waals surface area (Å²) in [5, 5.41) is 0. The van der Waals surface area contributed by atoms with E-state index in [1.54, 1.807) is 0 Å². The molecule has 2 aromatic carbocycles. The quantitative estimate of drug-likeness (QED) is 0.284. The predicted molar refractivity (Wildman–Crippen MR) is 134 cm³/mol. The summed E-state index contributed by atoms with van der Waals surface area (Å²) in [6.45, 7) is 18.3. The first-order valence-electron chi connectivity index (χ1n) is 11.3. The first-order valence-corrected chi connectivity index (χ1v) is 14.2. The average molecular weight is 527 g/mol. The maximum atomic E-state index is 3.78. The number of benzene rings is 2. The van der Waals surface area contributed by atoms with Gasteiger partial charge >= 0.3 is 201 Å². The van der Waals surface area contributed by atoms with E-state index in [1.807, 2.05) is 0 Å². The molecule has 0 unspecified atom stereocenters. The van der Waals surface area contributed by atoms with Gasteiger partial charge in [0, 0.05) is 0 Å². The van der Waals surface area contributed by atoms with Crippen molar-refractivity contribution in [3.8, 4) is 11.4 Å². The summed E-state index contributed by atoms with van der Waals surface area (Å²) in [5.41, 5.74) is 8.21. The molecule has 0 bridgehead atoms. The van der Waals surface area contributed by atoms with Crippen LogP contribution in [0, 0.1) is 4.40 Å². The van der Waals surface area contributed by atoms with Crippen molar-refractivity contribution in [2.75, 3.05) is 0 Å². The third-order valence-corrected chi connectivity index (χ3v) is 7.52. The minimum atomic E-state index is 0.453. The van der Waals surface area contributed by atoms with Gasteiger partial charge in [-0.15, -0.1) is 0 Å². The molecule has 31 heavy (non-hydrogen) atoms. The molecule has 1 aromatic heterocycles. The van der Waals surface area contributed by atoms with Crippen molar-refractivity contribution in [1.29, 1.82) is 0 Å². The third kappa shape index (κ3) is 4.71. The van der Waals surface area contributed by atoms with E-state index in [1.165, 1.54) is 50.3 Å². The van der Waals surface area contributed by atoms with Crippen LogP contribution in [0.15, 0.2) is 48.8 Å². The fraction of sp³-hybridized carbons (Fsp3) is 0.444. The number of imidazole rings is 1. The van der Waals surface area contributed by atoms with E-state index in [0.29, 0.717) is 23.7 Å². The van der Waals surface area contributed by atoms with E-state index in [0.717, 1.165) is 0 Å². The Morgan fingerprint density at radius 3 is 1.10 bits per heavy atom. The SMILES string of the molecule is CC(C)c1cccc(C(C)C)c1-n1ccn(-c2c(C(C)C)cccc2C(C)C)[c]1=[Ni][Br]. The van der Waals surface area contributed by atoms with Crippen molar-refractivity contribution in [2.24, 2.45) is 0 Å². The number of hydrogen-bond acceptors (Lipinski definition) is 0. The van der Waals surface area contributed by atoms with Crippen LogP contribution in [0.5, 0.6) is 0 Å². The van der Waals surface area contributed by atoms with Gasteiger partial charge in [-0.05, 0) is 0 Å². The third-order valence-electron chi connectivity index (χ3n) is 5.95. The summed E-state index contributed by atoms with van der Waals surface area (Å²) in [4.78, 5) is 0. The predicted octanol–water partition coefficient (Wildman–Crippen LogP) is 8.69. The number of hydrogen-bond donors (Lipinski definition) is 0. The molecule has 171 valence electrons. The molecule has 0 atom stereocenters. The molecule has 0 aliphatic rings. The van der Waals surface area contributed by atoms with Gasteiger partial charge in [-0.25, -0.2) is 0 Å². The molecule has 0 saturated carbocycles. The van der Waals surface area contributed by atoms with Gasteiger partial charge in [0.05, 0.1) is 0 Å². The first-order chi connectivity index (χ1) is 14.7. The Bertz CT molecular complexity index is 980. The number of nitrogens with zero attached hydrogens (tertiary/aromatic N) is 2. The Morgan fingerprint density at radius 2 is 0.871 bits per heavy atom. The van der Waals surface area contributed by atoms with Crippen LogP contribution in [0.2, 0.25) is 0 Å². The Labute approximate surface area is 200 Å². The van der Waals surface area contributed by atoms with Gasteiger partial charge in [0.1, 0.15) is 0 Å². The molecule has 0 spiro atoms. The molecular formula is C27H36BrN2Ni. The zero-order valence-electron chi connectivity index (χ0n) is 20.0. The molecule has 0 amide bonds. The normalized spacial score (nSPS) is 12.2. The number of rotatable bonds is 6. The van der Waals surface area contributed by atoms with Crippen LogP contribution in [0.1, 0.15) is 101 Å². The standard InChI is InChI=1S/C27H36N2.BrH.Ni/c1-18(2)22-11-9-12-23(19(3)4)26(22)28-15-16-29(17-28)27-24(20(5)6)13-10-14-25(27)21(7)8;;/h9-16,18-21H,1-8H3;1H;/q;;+1/p-1. The molecule has 3 rings (SSSR count). The Hall–Kier alpha value is -1.38. The monoisotopic (exact) mass is 525 g/mol. The van der Waals surface area contributed by atoms with E-state index in [2.05, 4.69) is 128 Å². The summed E-state index contributed by atoms with van der Waals surface area (Å²) in [5.74, 6) is 1.81. The van der Waals surface area contributed by atoms with Crippen LogP contribution < -0.4 is 0 Å². The summed E-state index contributed by atoms with van der Waals surface area (Å²) >= 11 is 5.20. The van der Waals surface area contributed by atoms with E-state index >= 15 is 0 Å². The van der Waals surface area contributed by atoms with Gasteiger partial charge < -0.3 is 0 Å². The second kappa shape index (κ2) is 10.0. The Balaban J connectivity index is 2.40. The van der Waals surface area contributed by atoms with Gasteiger partial charge in [-0.3, -0.25) is 0 Å². The fourth-order valence-corrected chi connectivity index (χ4v) is 5.86. The van der Waals surface area contributed by atoms with E-state index in [-0.39, 0.29) is 0 Å². The van der Waals surface area contributed by atoms with Crippen LogP contribution in [0.4, 0.5) is 0 Å². The van der Waals surface area contributed by atoms with Crippen molar-refractivity contribution in [1.82, 2.24) is 9.13 Å². The van der Waals surface area contributed by atoms with Gasteiger partial charge in [-0.1, -0.05) is 0 Å². The zero-order chi connectivity index (χ0) is 22.9. The molecule has 0 aliphatic heterocycles. The number of halogens is 1. The number of para-hydroxylation sites is 2.